The Morgan fingerprint density at radius 1 is 0.962 bits per heavy atom. The summed E-state index contributed by atoms with van der Waals surface area (Å²) in [5.74, 6) is 0.401. The molecule has 0 saturated carbocycles. The number of rotatable bonds is 6. The van der Waals surface area contributed by atoms with Crippen molar-refractivity contribution in [2.75, 3.05) is 13.7 Å². The fourth-order valence-corrected chi connectivity index (χ4v) is 2.78. The van der Waals surface area contributed by atoms with E-state index in [0.29, 0.717) is 18.7 Å². The van der Waals surface area contributed by atoms with Crippen LogP contribution in [-0.4, -0.2) is 24.7 Å². The number of esters is 1. The normalized spacial score (nSPS) is 10.4. The topological polar surface area (TPSA) is 48.4 Å². The minimum Gasteiger partial charge on any atom is -0.497 e. The molecule has 2 aromatic carbocycles. The Kier molecular flexibility index (Phi) is 5.64. The molecule has 26 heavy (non-hydrogen) atoms. The van der Waals surface area contributed by atoms with E-state index >= 15 is 0 Å². The van der Waals surface area contributed by atoms with Crippen LogP contribution in [0.3, 0.4) is 0 Å². The molecule has 0 radical (unpaired) electrons. The van der Waals surface area contributed by atoms with E-state index in [4.69, 9.17) is 9.47 Å². The van der Waals surface area contributed by atoms with E-state index in [9.17, 15) is 4.79 Å². The summed E-state index contributed by atoms with van der Waals surface area (Å²) in [7, 11) is 1.64. The largest absolute Gasteiger partial charge is 0.497 e. The van der Waals surface area contributed by atoms with E-state index in [0.717, 1.165) is 28.1 Å². The maximum atomic E-state index is 12.1. The Morgan fingerprint density at radius 3 is 2.35 bits per heavy atom. The third-order valence-corrected chi connectivity index (χ3v) is 4.07. The molecule has 3 aromatic rings. The van der Waals surface area contributed by atoms with Crippen LogP contribution in [-0.2, 0) is 11.2 Å². The van der Waals surface area contributed by atoms with E-state index in [1.807, 2.05) is 48.5 Å². The van der Waals surface area contributed by atoms with Gasteiger partial charge in [0.1, 0.15) is 11.4 Å². The lowest BCUT2D eigenvalue weighted by atomic mass is 9.99. The lowest BCUT2D eigenvalue weighted by Gasteiger charge is -2.12. The van der Waals surface area contributed by atoms with Crippen LogP contribution in [0.4, 0.5) is 0 Å². The van der Waals surface area contributed by atoms with Crippen LogP contribution < -0.4 is 4.74 Å². The zero-order valence-electron chi connectivity index (χ0n) is 14.9. The second-order valence-corrected chi connectivity index (χ2v) is 5.80. The second-order valence-electron chi connectivity index (χ2n) is 5.80. The van der Waals surface area contributed by atoms with Crippen LogP contribution in [0.15, 0.2) is 66.7 Å². The second kappa shape index (κ2) is 8.30. The number of benzene rings is 2. The molecule has 0 spiro atoms. The van der Waals surface area contributed by atoms with Gasteiger partial charge in [0, 0.05) is 12.0 Å². The Bertz CT molecular complexity index is 874. The highest BCUT2D eigenvalue weighted by atomic mass is 16.5. The van der Waals surface area contributed by atoms with Gasteiger partial charge in [-0.2, -0.15) is 0 Å². The lowest BCUT2D eigenvalue weighted by Crippen LogP contribution is -2.09. The number of carbonyl (C=O) groups is 1. The molecule has 132 valence electrons. The smallest absolute Gasteiger partial charge is 0.356 e. The van der Waals surface area contributed by atoms with Crippen molar-refractivity contribution in [2.45, 2.75) is 13.3 Å². The van der Waals surface area contributed by atoms with Gasteiger partial charge in [-0.05, 0) is 36.2 Å². The first-order valence-corrected chi connectivity index (χ1v) is 8.56. The molecule has 0 fully saturated rings. The molecule has 4 nitrogen and oxygen atoms in total. The summed E-state index contributed by atoms with van der Waals surface area (Å²) in [4.78, 5) is 16.7. The molecule has 1 heterocycles. The number of nitrogens with zero attached hydrogens (tertiary/aromatic N) is 1. The quantitative estimate of drug-likeness (QED) is 0.615. The summed E-state index contributed by atoms with van der Waals surface area (Å²) in [5.41, 5.74) is 4.32. The van der Waals surface area contributed by atoms with Gasteiger partial charge in [0.05, 0.1) is 19.4 Å². The third-order valence-electron chi connectivity index (χ3n) is 4.07. The van der Waals surface area contributed by atoms with Gasteiger partial charge in [0.2, 0.25) is 0 Å². The Morgan fingerprint density at radius 2 is 1.69 bits per heavy atom. The molecule has 0 aliphatic heterocycles. The molecule has 1 aromatic heterocycles. The van der Waals surface area contributed by atoms with E-state index in [1.54, 1.807) is 20.1 Å². The van der Waals surface area contributed by atoms with Crippen LogP contribution >= 0.6 is 0 Å². The average molecular weight is 347 g/mol. The minimum absolute atomic E-state index is 0.328. The molecule has 0 N–H and O–H groups in total. The van der Waals surface area contributed by atoms with Crippen molar-refractivity contribution >= 4 is 5.97 Å². The molecule has 0 aliphatic rings. The fraction of sp³-hybridized carbons (Fsp3) is 0.182. The van der Waals surface area contributed by atoms with Gasteiger partial charge >= 0.3 is 5.97 Å². The molecule has 0 atom stereocenters. The molecule has 0 bridgehead atoms. The lowest BCUT2D eigenvalue weighted by molar-refractivity contribution is 0.0519. The predicted molar refractivity (Wildman–Crippen MR) is 101 cm³/mol. The zero-order chi connectivity index (χ0) is 18.4. The van der Waals surface area contributed by atoms with E-state index in [2.05, 4.69) is 17.1 Å². The molecule has 0 amide bonds. The highest BCUT2D eigenvalue weighted by Gasteiger charge is 2.14. The zero-order valence-corrected chi connectivity index (χ0v) is 14.9. The number of pyridine rings is 1. The maximum Gasteiger partial charge on any atom is 0.356 e. The Labute approximate surface area is 153 Å². The number of hydrogen-bond acceptors (Lipinski definition) is 4. The van der Waals surface area contributed by atoms with Crippen LogP contribution in [0.2, 0.25) is 0 Å². The summed E-state index contributed by atoms with van der Waals surface area (Å²) >= 11 is 0. The molecular weight excluding hydrogens is 326 g/mol. The van der Waals surface area contributed by atoms with Gasteiger partial charge in [-0.15, -0.1) is 0 Å². The van der Waals surface area contributed by atoms with E-state index in [-0.39, 0.29) is 0 Å². The van der Waals surface area contributed by atoms with Crippen molar-refractivity contribution in [3.63, 3.8) is 0 Å². The summed E-state index contributed by atoms with van der Waals surface area (Å²) in [6, 6.07) is 21.6. The average Bonchev–Trinajstić information content (AvgIpc) is 2.69. The monoisotopic (exact) mass is 347 g/mol. The highest BCUT2D eigenvalue weighted by Crippen LogP contribution is 2.27. The number of carbonyl (C=O) groups excluding carboxylic acids is 1. The van der Waals surface area contributed by atoms with Gasteiger partial charge < -0.3 is 9.47 Å². The van der Waals surface area contributed by atoms with Gasteiger partial charge in [0.15, 0.2) is 0 Å². The molecule has 0 unspecified atom stereocenters. The van der Waals surface area contributed by atoms with Crippen molar-refractivity contribution in [3.8, 4) is 16.9 Å². The van der Waals surface area contributed by atoms with Gasteiger partial charge in [0.25, 0.3) is 0 Å². The van der Waals surface area contributed by atoms with Gasteiger partial charge in [-0.1, -0.05) is 48.5 Å². The number of hydrogen-bond donors (Lipinski definition) is 0. The molecule has 0 aliphatic carbocycles. The van der Waals surface area contributed by atoms with Crippen LogP contribution in [0.1, 0.15) is 28.7 Å². The Balaban J connectivity index is 2.02. The van der Waals surface area contributed by atoms with E-state index < -0.39 is 5.97 Å². The first-order valence-electron chi connectivity index (χ1n) is 8.56. The maximum absolute atomic E-state index is 12.1. The molecule has 3 rings (SSSR count). The Hall–Kier alpha value is -3.14. The molecule has 4 heteroatoms. The molecular formula is C22H21NO3. The van der Waals surface area contributed by atoms with Crippen LogP contribution in [0.5, 0.6) is 5.75 Å². The minimum atomic E-state index is -0.400. The highest BCUT2D eigenvalue weighted by molar-refractivity contribution is 5.88. The van der Waals surface area contributed by atoms with Gasteiger partial charge in [-0.25, -0.2) is 9.78 Å². The first-order chi connectivity index (χ1) is 12.7. The van der Waals surface area contributed by atoms with Crippen molar-refractivity contribution in [3.05, 3.63) is 83.7 Å². The summed E-state index contributed by atoms with van der Waals surface area (Å²) in [6.07, 6.45) is 0.634. The van der Waals surface area contributed by atoms with Crippen molar-refractivity contribution in [1.82, 2.24) is 4.98 Å². The number of aromatic nitrogens is 1. The van der Waals surface area contributed by atoms with Crippen molar-refractivity contribution in [2.24, 2.45) is 0 Å². The fourth-order valence-electron chi connectivity index (χ4n) is 2.78. The van der Waals surface area contributed by atoms with Crippen LogP contribution in [0.25, 0.3) is 11.1 Å². The SMILES string of the molecule is CCOC(=O)c1ccc(-c2ccc(OC)cc2)c(Cc2ccccc2)n1. The number of methoxy groups -OCH3 is 1. The van der Waals surface area contributed by atoms with Gasteiger partial charge in [-0.3, -0.25) is 0 Å². The standard InChI is InChI=1S/C22H21NO3/c1-3-26-22(24)20-14-13-19(17-9-11-18(25-2)12-10-17)21(23-20)15-16-7-5-4-6-8-16/h4-14H,3,15H2,1-2H3. The molecule has 0 saturated heterocycles. The third kappa shape index (κ3) is 4.09. The van der Waals surface area contributed by atoms with E-state index in [1.165, 1.54) is 0 Å². The van der Waals surface area contributed by atoms with Crippen molar-refractivity contribution < 1.29 is 14.3 Å². The van der Waals surface area contributed by atoms with Crippen LogP contribution in [0, 0.1) is 0 Å². The summed E-state index contributed by atoms with van der Waals surface area (Å²) < 4.78 is 10.3. The summed E-state index contributed by atoms with van der Waals surface area (Å²) in [6.45, 7) is 2.11. The number of ether oxygens (including phenoxy) is 2. The predicted octanol–water partition coefficient (Wildman–Crippen LogP) is 4.52. The summed E-state index contributed by atoms with van der Waals surface area (Å²) in [5, 5.41) is 0. The van der Waals surface area contributed by atoms with Crippen molar-refractivity contribution in [1.29, 1.82) is 0 Å². The first kappa shape index (κ1) is 17.7.